The molecule has 3 amide bonds. The summed E-state index contributed by atoms with van der Waals surface area (Å²) < 4.78 is 11.1. The summed E-state index contributed by atoms with van der Waals surface area (Å²) in [7, 11) is 0. The SMILES string of the molecule is Cc1c(-c2ccccc2)oc2c(C(=O)OCC(=O)NC(=O)NCc3ccccc3)cccc2c1=O. The van der Waals surface area contributed by atoms with Gasteiger partial charge in [-0.2, -0.15) is 0 Å². The molecule has 0 atom stereocenters. The van der Waals surface area contributed by atoms with Gasteiger partial charge >= 0.3 is 12.0 Å². The average Bonchev–Trinajstić information content (AvgIpc) is 2.89. The number of ether oxygens (including phenoxy) is 1. The third-order valence-electron chi connectivity index (χ3n) is 5.28. The lowest BCUT2D eigenvalue weighted by molar-refractivity contribution is -0.123. The fraction of sp³-hybridized carbons (Fsp3) is 0.111. The lowest BCUT2D eigenvalue weighted by Gasteiger charge is -2.11. The van der Waals surface area contributed by atoms with Gasteiger partial charge in [0.15, 0.2) is 17.6 Å². The second-order valence-corrected chi connectivity index (χ2v) is 7.73. The van der Waals surface area contributed by atoms with Crippen molar-refractivity contribution in [2.45, 2.75) is 13.5 Å². The molecule has 8 nitrogen and oxygen atoms in total. The van der Waals surface area contributed by atoms with Gasteiger partial charge in [-0.05, 0) is 24.6 Å². The molecular weight excluding hydrogens is 448 g/mol. The Labute approximate surface area is 200 Å². The van der Waals surface area contributed by atoms with Crippen LogP contribution in [0.2, 0.25) is 0 Å². The van der Waals surface area contributed by atoms with Gasteiger partial charge < -0.3 is 14.5 Å². The van der Waals surface area contributed by atoms with Gasteiger partial charge in [-0.3, -0.25) is 14.9 Å². The fourth-order valence-electron chi connectivity index (χ4n) is 3.53. The molecule has 4 aromatic rings. The molecule has 0 aliphatic heterocycles. The summed E-state index contributed by atoms with van der Waals surface area (Å²) in [5.74, 6) is -1.32. The number of fused-ring (bicyclic) bond motifs is 1. The summed E-state index contributed by atoms with van der Waals surface area (Å²) >= 11 is 0. The number of imide groups is 1. The van der Waals surface area contributed by atoms with Crippen molar-refractivity contribution >= 4 is 28.9 Å². The molecule has 8 heteroatoms. The van der Waals surface area contributed by atoms with Crippen molar-refractivity contribution in [3.05, 3.63) is 106 Å². The molecular formula is C27H22N2O6. The van der Waals surface area contributed by atoms with Gasteiger partial charge in [0, 0.05) is 17.7 Å². The number of rotatable bonds is 6. The van der Waals surface area contributed by atoms with Crippen LogP contribution in [0, 0.1) is 6.92 Å². The maximum atomic E-state index is 12.9. The number of hydrogen-bond acceptors (Lipinski definition) is 6. The number of carbonyl (C=O) groups excluding carboxylic acids is 3. The Morgan fingerprint density at radius 3 is 2.29 bits per heavy atom. The molecule has 0 aliphatic carbocycles. The zero-order chi connectivity index (χ0) is 24.8. The van der Waals surface area contributed by atoms with Crippen LogP contribution < -0.4 is 16.1 Å². The number of nitrogens with one attached hydrogen (secondary N) is 2. The first-order valence-corrected chi connectivity index (χ1v) is 10.8. The summed E-state index contributed by atoms with van der Waals surface area (Å²) in [5, 5.41) is 4.87. The van der Waals surface area contributed by atoms with Gasteiger partial charge in [0.25, 0.3) is 5.91 Å². The normalized spacial score (nSPS) is 10.5. The molecule has 0 aliphatic rings. The van der Waals surface area contributed by atoms with Crippen LogP contribution in [0.15, 0.2) is 88.1 Å². The zero-order valence-corrected chi connectivity index (χ0v) is 18.9. The minimum Gasteiger partial charge on any atom is -0.455 e. The molecule has 176 valence electrons. The summed E-state index contributed by atoms with van der Waals surface area (Å²) in [6.45, 7) is 1.21. The molecule has 0 spiro atoms. The smallest absolute Gasteiger partial charge is 0.342 e. The topological polar surface area (TPSA) is 115 Å². The van der Waals surface area contributed by atoms with E-state index in [0.29, 0.717) is 16.9 Å². The number of para-hydroxylation sites is 1. The van der Waals surface area contributed by atoms with E-state index in [9.17, 15) is 19.2 Å². The third kappa shape index (κ3) is 5.44. The van der Waals surface area contributed by atoms with Crippen LogP contribution >= 0.6 is 0 Å². The fourth-order valence-corrected chi connectivity index (χ4v) is 3.53. The van der Waals surface area contributed by atoms with Crippen LogP contribution in [0.4, 0.5) is 4.79 Å². The maximum Gasteiger partial charge on any atom is 0.342 e. The van der Waals surface area contributed by atoms with E-state index in [-0.39, 0.29) is 28.5 Å². The van der Waals surface area contributed by atoms with E-state index >= 15 is 0 Å². The number of esters is 1. The van der Waals surface area contributed by atoms with E-state index in [1.54, 1.807) is 25.1 Å². The molecule has 1 heterocycles. The monoisotopic (exact) mass is 470 g/mol. The second kappa shape index (κ2) is 10.5. The molecule has 2 N–H and O–H groups in total. The second-order valence-electron chi connectivity index (χ2n) is 7.73. The van der Waals surface area contributed by atoms with Crippen LogP contribution in [-0.4, -0.2) is 24.5 Å². The molecule has 0 saturated carbocycles. The number of benzene rings is 3. The summed E-state index contributed by atoms with van der Waals surface area (Å²) in [4.78, 5) is 49.7. The van der Waals surface area contributed by atoms with Crippen LogP contribution in [0.25, 0.3) is 22.3 Å². The first-order chi connectivity index (χ1) is 16.9. The Morgan fingerprint density at radius 2 is 1.57 bits per heavy atom. The quantitative estimate of drug-likeness (QED) is 0.413. The Morgan fingerprint density at radius 1 is 0.886 bits per heavy atom. The lowest BCUT2D eigenvalue weighted by atomic mass is 10.0. The summed E-state index contributed by atoms with van der Waals surface area (Å²) in [6.07, 6.45) is 0. The van der Waals surface area contributed by atoms with Gasteiger partial charge in [-0.15, -0.1) is 0 Å². The first-order valence-electron chi connectivity index (χ1n) is 10.8. The minimum absolute atomic E-state index is 0.00175. The van der Waals surface area contributed by atoms with E-state index in [1.807, 2.05) is 48.5 Å². The van der Waals surface area contributed by atoms with E-state index in [4.69, 9.17) is 9.15 Å². The molecule has 1 aromatic heterocycles. The van der Waals surface area contributed by atoms with Crippen molar-refractivity contribution in [1.29, 1.82) is 0 Å². The number of hydrogen-bond donors (Lipinski definition) is 2. The molecule has 0 fully saturated rings. The maximum absolute atomic E-state index is 12.9. The van der Waals surface area contributed by atoms with Crippen molar-refractivity contribution in [2.24, 2.45) is 0 Å². The Bertz CT molecular complexity index is 1450. The Kier molecular flexibility index (Phi) is 7.02. The van der Waals surface area contributed by atoms with Crippen LogP contribution in [0.3, 0.4) is 0 Å². The van der Waals surface area contributed by atoms with Gasteiger partial charge in [-0.25, -0.2) is 9.59 Å². The number of carbonyl (C=O) groups is 3. The molecule has 0 unspecified atom stereocenters. The lowest BCUT2D eigenvalue weighted by Crippen LogP contribution is -2.41. The van der Waals surface area contributed by atoms with E-state index in [2.05, 4.69) is 10.6 Å². The molecule has 3 aromatic carbocycles. The van der Waals surface area contributed by atoms with Crippen molar-refractivity contribution < 1.29 is 23.5 Å². The van der Waals surface area contributed by atoms with E-state index in [0.717, 1.165) is 5.56 Å². The van der Waals surface area contributed by atoms with Crippen LogP contribution in [0.5, 0.6) is 0 Å². The van der Waals surface area contributed by atoms with Crippen LogP contribution in [-0.2, 0) is 16.1 Å². The van der Waals surface area contributed by atoms with Crippen molar-refractivity contribution in [3.8, 4) is 11.3 Å². The average molecular weight is 470 g/mol. The molecule has 35 heavy (non-hydrogen) atoms. The van der Waals surface area contributed by atoms with E-state index < -0.39 is 24.5 Å². The highest BCUT2D eigenvalue weighted by Crippen LogP contribution is 2.27. The molecule has 4 rings (SSSR count). The largest absolute Gasteiger partial charge is 0.455 e. The highest BCUT2D eigenvalue weighted by atomic mass is 16.5. The van der Waals surface area contributed by atoms with Crippen molar-refractivity contribution in [1.82, 2.24) is 10.6 Å². The van der Waals surface area contributed by atoms with Gasteiger partial charge in [-0.1, -0.05) is 66.7 Å². The van der Waals surface area contributed by atoms with E-state index in [1.165, 1.54) is 12.1 Å². The summed E-state index contributed by atoms with van der Waals surface area (Å²) in [5.41, 5.74) is 1.76. The highest BCUT2D eigenvalue weighted by Gasteiger charge is 2.20. The van der Waals surface area contributed by atoms with Crippen LogP contribution in [0.1, 0.15) is 21.5 Å². The summed E-state index contributed by atoms with van der Waals surface area (Å²) in [6, 6.07) is 22.1. The van der Waals surface area contributed by atoms with Gasteiger partial charge in [0.1, 0.15) is 11.3 Å². The highest BCUT2D eigenvalue weighted by molar-refractivity contribution is 6.03. The van der Waals surface area contributed by atoms with Gasteiger partial charge in [0.2, 0.25) is 0 Å². The molecule has 0 saturated heterocycles. The van der Waals surface area contributed by atoms with Crippen molar-refractivity contribution in [2.75, 3.05) is 6.61 Å². The zero-order valence-electron chi connectivity index (χ0n) is 18.9. The predicted molar refractivity (Wildman–Crippen MR) is 130 cm³/mol. The predicted octanol–water partition coefficient (Wildman–Crippen LogP) is 3.95. The third-order valence-corrected chi connectivity index (χ3v) is 5.28. The molecule has 0 bridgehead atoms. The van der Waals surface area contributed by atoms with Crippen molar-refractivity contribution in [3.63, 3.8) is 0 Å². The number of urea groups is 1. The molecule has 0 radical (unpaired) electrons. The van der Waals surface area contributed by atoms with Gasteiger partial charge in [0.05, 0.1) is 5.39 Å². The Hall–Kier alpha value is -4.72. The number of amides is 3. The minimum atomic E-state index is -0.860. The Balaban J connectivity index is 1.46. The first kappa shape index (κ1) is 23.4. The standard InChI is InChI=1S/C27H22N2O6/c1-17-23(31)20-13-8-14-21(25(20)35-24(17)19-11-6-3-7-12-19)26(32)34-16-22(30)29-27(33)28-15-18-9-4-2-5-10-18/h2-14H,15-16H2,1H3,(H2,28,29,30,33).